The molecule has 0 saturated heterocycles. The van der Waals surface area contributed by atoms with E-state index in [1.165, 1.54) is 57.7 Å². The van der Waals surface area contributed by atoms with Gasteiger partial charge in [0.2, 0.25) is 5.75 Å². The van der Waals surface area contributed by atoms with Gasteiger partial charge >= 0.3 is 0 Å². The van der Waals surface area contributed by atoms with Gasteiger partial charge in [0.05, 0.1) is 31.9 Å². The molecule has 10 heteroatoms. The van der Waals surface area contributed by atoms with Crippen molar-refractivity contribution >= 4 is 38.9 Å². The molecule has 0 heterocycles. The molecule has 0 aliphatic carbocycles. The van der Waals surface area contributed by atoms with Crippen molar-refractivity contribution in [3.8, 4) is 17.2 Å². The first kappa shape index (κ1) is 24.2. The minimum Gasteiger partial charge on any atom is -0.493 e. The molecule has 33 heavy (non-hydrogen) atoms. The fraction of sp³-hybridized carbons (Fsp3) is 0.174. The molecule has 0 aromatic heterocycles. The summed E-state index contributed by atoms with van der Waals surface area (Å²) in [6, 6.07) is 13.8. The van der Waals surface area contributed by atoms with Crippen LogP contribution in [0.25, 0.3) is 0 Å². The van der Waals surface area contributed by atoms with Gasteiger partial charge in [-0.05, 0) is 61.0 Å². The number of methoxy groups -OCH3 is 3. The zero-order valence-corrected chi connectivity index (χ0v) is 20.0. The maximum Gasteiger partial charge on any atom is 0.261 e. The van der Waals surface area contributed by atoms with E-state index in [1.54, 1.807) is 25.1 Å². The Morgan fingerprint density at radius 2 is 1.48 bits per heavy atom. The topological polar surface area (TPSA) is 103 Å². The second kappa shape index (κ2) is 10.0. The lowest BCUT2D eigenvalue weighted by Gasteiger charge is -2.14. The van der Waals surface area contributed by atoms with E-state index in [0.717, 1.165) is 5.56 Å². The van der Waals surface area contributed by atoms with Gasteiger partial charge in [-0.25, -0.2) is 8.42 Å². The third-order valence-electron chi connectivity index (χ3n) is 4.79. The quantitative estimate of drug-likeness (QED) is 0.473. The van der Waals surface area contributed by atoms with Gasteiger partial charge in [-0.1, -0.05) is 17.7 Å². The number of hydrogen-bond donors (Lipinski definition) is 2. The lowest BCUT2D eigenvalue weighted by atomic mass is 10.1. The summed E-state index contributed by atoms with van der Waals surface area (Å²) in [5.74, 6) is 0.614. The predicted octanol–water partition coefficient (Wildman–Crippen LogP) is 4.73. The maximum absolute atomic E-state index is 12.7. The number of rotatable bonds is 8. The molecule has 0 bridgehead atoms. The smallest absolute Gasteiger partial charge is 0.261 e. The van der Waals surface area contributed by atoms with Crippen LogP contribution in [0.1, 0.15) is 15.9 Å². The largest absolute Gasteiger partial charge is 0.493 e. The molecule has 3 aromatic carbocycles. The van der Waals surface area contributed by atoms with Gasteiger partial charge in [-0.15, -0.1) is 0 Å². The number of anilines is 2. The summed E-state index contributed by atoms with van der Waals surface area (Å²) < 4.78 is 43.8. The number of hydrogen-bond acceptors (Lipinski definition) is 6. The van der Waals surface area contributed by atoms with Crippen LogP contribution in [0.4, 0.5) is 11.4 Å². The van der Waals surface area contributed by atoms with Gasteiger partial charge in [-0.2, -0.15) is 0 Å². The van der Waals surface area contributed by atoms with Gasteiger partial charge in [0.25, 0.3) is 15.9 Å². The first-order valence-corrected chi connectivity index (χ1v) is 11.5. The van der Waals surface area contributed by atoms with E-state index in [4.69, 9.17) is 25.8 Å². The predicted molar refractivity (Wildman–Crippen MR) is 127 cm³/mol. The second-order valence-corrected chi connectivity index (χ2v) is 9.08. The van der Waals surface area contributed by atoms with Crippen molar-refractivity contribution in [1.82, 2.24) is 0 Å². The normalized spacial score (nSPS) is 10.9. The third-order valence-corrected chi connectivity index (χ3v) is 6.41. The van der Waals surface area contributed by atoms with Gasteiger partial charge < -0.3 is 19.5 Å². The Bertz CT molecular complexity index is 1250. The number of halogens is 1. The number of benzene rings is 3. The summed E-state index contributed by atoms with van der Waals surface area (Å²) in [5.41, 5.74) is 1.81. The average molecular weight is 491 g/mol. The molecule has 0 radical (unpaired) electrons. The van der Waals surface area contributed by atoms with Gasteiger partial charge in [0, 0.05) is 16.3 Å². The van der Waals surface area contributed by atoms with E-state index < -0.39 is 15.9 Å². The zero-order chi connectivity index (χ0) is 24.2. The molecule has 0 spiro atoms. The molecule has 0 atom stereocenters. The number of carbonyl (C=O) groups is 1. The molecular weight excluding hydrogens is 468 g/mol. The van der Waals surface area contributed by atoms with Crippen LogP contribution in [0.3, 0.4) is 0 Å². The van der Waals surface area contributed by atoms with E-state index in [0.29, 0.717) is 33.6 Å². The minimum atomic E-state index is -3.84. The number of ether oxygens (including phenoxy) is 3. The fourth-order valence-corrected chi connectivity index (χ4v) is 4.33. The van der Waals surface area contributed by atoms with Crippen molar-refractivity contribution in [2.45, 2.75) is 11.8 Å². The SMILES string of the molecule is COc1cc(C(=O)Nc2ccc(S(=O)(=O)Nc3cc(Cl)ccc3C)cc2)cc(OC)c1OC. The Labute approximate surface area is 197 Å². The number of carbonyl (C=O) groups excluding carboxylic acids is 1. The van der Waals surface area contributed by atoms with Crippen LogP contribution < -0.4 is 24.2 Å². The molecule has 0 aliphatic heterocycles. The first-order valence-electron chi connectivity index (χ1n) is 9.69. The van der Waals surface area contributed by atoms with E-state index in [2.05, 4.69) is 10.0 Å². The first-order chi connectivity index (χ1) is 15.7. The lowest BCUT2D eigenvalue weighted by Crippen LogP contribution is -2.15. The highest BCUT2D eigenvalue weighted by Gasteiger charge is 2.18. The van der Waals surface area contributed by atoms with Crippen molar-refractivity contribution in [3.05, 3.63) is 70.7 Å². The summed E-state index contributed by atoms with van der Waals surface area (Å²) in [4.78, 5) is 12.8. The Morgan fingerprint density at radius 3 is 2.03 bits per heavy atom. The van der Waals surface area contributed by atoms with Crippen molar-refractivity contribution in [2.75, 3.05) is 31.4 Å². The van der Waals surface area contributed by atoms with Crippen LogP contribution in [0.15, 0.2) is 59.5 Å². The van der Waals surface area contributed by atoms with Crippen LogP contribution in [-0.4, -0.2) is 35.7 Å². The molecule has 8 nitrogen and oxygen atoms in total. The molecule has 0 aliphatic rings. The highest BCUT2D eigenvalue weighted by atomic mass is 35.5. The lowest BCUT2D eigenvalue weighted by molar-refractivity contribution is 0.102. The Hall–Kier alpha value is -3.43. The average Bonchev–Trinajstić information content (AvgIpc) is 2.80. The number of aryl methyl sites for hydroxylation is 1. The summed E-state index contributed by atoms with van der Waals surface area (Å²) >= 11 is 5.97. The summed E-state index contributed by atoms with van der Waals surface area (Å²) in [6.45, 7) is 1.77. The Balaban J connectivity index is 1.79. The van der Waals surface area contributed by atoms with Crippen molar-refractivity contribution in [2.24, 2.45) is 0 Å². The number of sulfonamides is 1. The summed E-state index contributed by atoms with van der Waals surface area (Å²) in [6.07, 6.45) is 0. The number of amides is 1. The second-order valence-electron chi connectivity index (χ2n) is 6.96. The standard InChI is InChI=1S/C23H23ClN2O6S/c1-14-5-6-16(24)13-19(14)26-33(28,29)18-9-7-17(8-10-18)25-23(27)15-11-20(30-2)22(32-4)21(12-15)31-3/h5-13,26H,1-4H3,(H,25,27). The van der Waals surface area contributed by atoms with E-state index in [9.17, 15) is 13.2 Å². The monoisotopic (exact) mass is 490 g/mol. The molecule has 1 amide bonds. The molecule has 0 saturated carbocycles. The third kappa shape index (κ3) is 5.50. The van der Waals surface area contributed by atoms with Crippen LogP contribution in [0, 0.1) is 6.92 Å². The summed E-state index contributed by atoms with van der Waals surface area (Å²) in [7, 11) is 0.537. The minimum absolute atomic E-state index is 0.0349. The van der Waals surface area contributed by atoms with E-state index in [1.807, 2.05) is 0 Å². The number of nitrogens with one attached hydrogen (secondary N) is 2. The molecule has 2 N–H and O–H groups in total. The molecule has 0 fully saturated rings. The highest BCUT2D eigenvalue weighted by molar-refractivity contribution is 7.92. The van der Waals surface area contributed by atoms with Crippen molar-refractivity contribution in [1.29, 1.82) is 0 Å². The van der Waals surface area contributed by atoms with Crippen molar-refractivity contribution < 1.29 is 27.4 Å². The molecule has 3 aromatic rings. The van der Waals surface area contributed by atoms with Crippen LogP contribution in [0.2, 0.25) is 5.02 Å². The van der Waals surface area contributed by atoms with Crippen LogP contribution in [0.5, 0.6) is 17.2 Å². The van der Waals surface area contributed by atoms with E-state index in [-0.39, 0.29) is 10.5 Å². The fourth-order valence-electron chi connectivity index (χ4n) is 3.04. The summed E-state index contributed by atoms with van der Waals surface area (Å²) in [5, 5.41) is 3.14. The highest BCUT2D eigenvalue weighted by Crippen LogP contribution is 2.38. The van der Waals surface area contributed by atoms with E-state index >= 15 is 0 Å². The van der Waals surface area contributed by atoms with Gasteiger partial charge in [0.1, 0.15) is 0 Å². The van der Waals surface area contributed by atoms with Crippen LogP contribution in [-0.2, 0) is 10.0 Å². The maximum atomic E-state index is 12.7. The Morgan fingerprint density at radius 1 is 0.879 bits per heavy atom. The Kier molecular flexibility index (Phi) is 7.35. The van der Waals surface area contributed by atoms with Gasteiger partial charge in [-0.3, -0.25) is 9.52 Å². The molecular formula is C23H23ClN2O6S. The molecule has 0 unspecified atom stereocenters. The van der Waals surface area contributed by atoms with Gasteiger partial charge in [0.15, 0.2) is 11.5 Å². The zero-order valence-electron chi connectivity index (χ0n) is 18.4. The van der Waals surface area contributed by atoms with Crippen molar-refractivity contribution in [3.63, 3.8) is 0 Å². The molecule has 3 rings (SSSR count). The molecule has 174 valence electrons. The van der Waals surface area contributed by atoms with Crippen LogP contribution >= 0.6 is 11.6 Å².